The van der Waals surface area contributed by atoms with Gasteiger partial charge in [0.2, 0.25) is 10.0 Å². The summed E-state index contributed by atoms with van der Waals surface area (Å²) in [4.78, 5) is 0. The highest BCUT2D eigenvalue weighted by Gasteiger charge is 2.26. The van der Waals surface area contributed by atoms with Gasteiger partial charge in [-0.3, -0.25) is 0 Å². The first-order chi connectivity index (χ1) is 8.55. The average molecular weight is 294 g/mol. The van der Waals surface area contributed by atoms with Gasteiger partial charge >= 0.3 is 0 Å². The Kier molecular flexibility index (Phi) is 5.34. The first-order valence-electron chi connectivity index (χ1n) is 7.16. The summed E-state index contributed by atoms with van der Waals surface area (Å²) in [6, 6.07) is 0. The topological polar surface area (TPSA) is 46.2 Å². The Balaban J connectivity index is 1.73. The van der Waals surface area contributed by atoms with E-state index < -0.39 is 10.0 Å². The standard InChI is InChI=1S/C13H24ClNO2S/c14-13-7-6-12(8-13)9-15-18(16,17)10-11-4-2-1-3-5-11/h11-13,15H,1-10H2. The SMILES string of the molecule is O=S(=O)(CC1CCCCC1)NCC1CCC(Cl)C1. The summed E-state index contributed by atoms with van der Waals surface area (Å²) in [6.45, 7) is 0.582. The van der Waals surface area contributed by atoms with Crippen molar-refractivity contribution in [1.82, 2.24) is 4.72 Å². The molecule has 0 aromatic carbocycles. The Morgan fingerprint density at radius 2 is 1.72 bits per heavy atom. The molecule has 2 fully saturated rings. The van der Waals surface area contributed by atoms with Crippen LogP contribution in [0, 0.1) is 11.8 Å². The maximum absolute atomic E-state index is 12.0. The molecule has 18 heavy (non-hydrogen) atoms. The number of halogens is 1. The van der Waals surface area contributed by atoms with Crippen LogP contribution < -0.4 is 4.72 Å². The normalized spacial score (nSPS) is 30.7. The highest BCUT2D eigenvalue weighted by Crippen LogP contribution is 2.29. The summed E-state index contributed by atoms with van der Waals surface area (Å²) in [7, 11) is -3.08. The number of nitrogens with one attached hydrogen (secondary N) is 1. The summed E-state index contributed by atoms with van der Waals surface area (Å²) in [5.41, 5.74) is 0. The lowest BCUT2D eigenvalue weighted by atomic mass is 9.91. The molecule has 0 saturated heterocycles. The van der Waals surface area contributed by atoms with Crippen molar-refractivity contribution in [1.29, 1.82) is 0 Å². The lowest BCUT2D eigenvalue weighted by Gasteiger charge is -2.21. The highest BCUT2D eigenvalue weighted by atomic mass is 35.5. The monoisotopic (exact) mass is 293 g/mol. The molecule has 2 rings (SSSR count). The molecule has 0 aromatic rings. The number of hydrogen-bond acceptors (Lipinski definition) is 2. The van der Waals surface area contributed by atoms with Gasteiger partial charge in [0.25, 0.3) is 0 Å². The van der Waals surface area contributed by atoms with E-state index >= 15 is 0 Å². The van der Waals surface area contributed by atoms with Crippen LogP contribution in [0.15, 0.2) is 0 Å². The second-order valence-electron chi connectivity index (χ2n) is 5.91. The third kappa shape index (κ3) is 4.71. The van der Waals surface area contributed by atoms with E-state index in [0.717, 1.165) is 32.1 Å². The summed E-state index contributed by atoms with van der Waals surface area (Å²) in [5, 5.41) is 0.248. The molecule has 2 unspecified atom stereocenters. The Bertz CT molecular complexity index is 352. The third-order valence-corrected chi connectivity index (χ3v) is 6.16. The summed E-state index contributed by atoms with van der Waals surface area (Å²) >= 11 is 6.04. The minimum absolute atomic E-state index is 0.248. The molecular weight excluding hydrogens is 270 g/mol. The van der Waals surface area contributed by atoms with Crippen LogP contribution in [0.25, 0.3) is 0 Å². The quantitative estimate of drug-likeness (QED) is 0.792. The van der Waals surface area contributed by atoms with Crippen LogP contribution in [0.4, 0.5) is 0 Å². The van der Waals surface area contributed by atoms with Crippen molar-refractivity contribution in [3.8, 4) is 0 Å². The molecule has 0 amide bonds. The van der Waals surface area contributed by atoms with Crippen molar-refractivity contribution in [3.05, 3.63) is 0 Å². The zero-order valence-corrected chi connectivity index (χ0v) is 12.5. The fourth-order valence-electron chi connectivity index (χ4n) is 3.17. The van der Waals surface area contributed by atoms with Crippen LogP contribution in [0.5, 0.6) is 0 Å². The molecule has 0 heterocycles. The zero-order chi connectivity index (χ0) is 13.0. The molecule has 0 bridgehead atoms. The molecular formula is C13H24ClNO2S. The fraction of sp³-hybridized carbons (Fsp3) is 1.00. The number of hydrogen-bond donors (Lipinski definition) is 1. The van der Waals surface area contributed by atoms with Gasteiger partial charge in [-0.2, -0.15) is 0 Å². The van der Waals surface area contributed by atoms with E-state index in [1.807, 2.05) is 0 Å². The van der Waals surface area contributed by atoms with Crippen molar-refractivity contribution < 1.29 is 8.42 Å². The maximum atomic E-state index is 12.0. The summed E-state index contributed by atoms with van der Waals surface area (Å²) in [5.74, 6) is 1.14. The van der Waals surface area contributed by atoms with Gasteiger partial charge in [0.05, 0.1) is 5.75 Å². The van der Waals surface area contributed by atoms with Gasteiger partial charge in [-0.1, -0.05) is 19.3 Å². The molecule has 2 atom stereocenters. The Labute approximate surface area is 116 Å². The molecule has 0 spiro atoms. The maximum Gasteiger partial charge on any atom is 0.211 e. The van der Waals surface area contributed by atoms with Crippen molar-refractivity contribution in [2.75, 3.05) is 12.3 Å². The number of rotatable bonds is 5. The molecule has 2 aliphatic rings. The lowest BCUT2D eigenvalue weighted by molar-refractivity contribution is 0.383. The van der Waals surface area contributed by atoms with Crippen LogP contribution in [0.1, 0.15) is 51.4 Å². The Morgan fingerprint density at radius 3 is 2.33 bits per heavy atom. The van der Waals surface area contributed by atoms with E-state index in [9.17, 15) is 8.42 Å². The van der Waals surface area contributed by atoms with Gasteiger partial charge in [-0.05, 0) is 43.9 Å². The van der Waals surface area contributed by atoms with E-state index in [4.69, 9.17) is 11.6 Å². The molecule has 1 N–H and O–H groups in total. The van der Waals surface area contributed by atoms with Gasteiger partial charge in [0, 0.05) is 11.9 Å². The van der Waals surface area contributed by atoms with Crippen molar-refractivity contribution in [2.45, 2.75) is 56.7 Å². The van der Waals surface area contributed by atoms with E-state index in [1.165, 1.54) is 19.3 Å². The van der Waals surface area contributed by atoms with E-state index in [1.54, 1.807) is 0 Å². The number of alkyl halides is 1. The van der Waals surface area contributed by atoms with Gasteiger partial charge in [-0.25, -0.2) is 13.1 Å². The lowest BCUT2D eigenvalue weighted by Crippen LogP contribution is -2.33. The first kappa shape index (κ1) is 14.6. The predicted octanol–water partition coefficient (Wildman–Crippen LogP) is 2.89. The van der Waals surface area contributed by atoms with Crippen molar-refractivity contribution in [3.63, 3.8) is 0 Å². The smallest absolute Gasteiger partial charge is 0.211 e. The zero-order valence-electron chi connectivity index (χ0n) is 10.9. The van der Waals surface area contributed by atoms with Crippen molar-refractivity contribution in [2.24, 2.45) is 11.8 Å². The van der Waals surface area contributed by atoms with Crippen LogP contribution >= 0.6 is 11.6 Å². The van der Waals surface area contributed by atoms with Gasteiger partial charge in [0.1, 0.15) is 0 Å². The first-order valence-corrected chi connectivity index (χ1v) is 9.25. The fourth-order valence-corrected chi connectivity index (χ4v) is 5.11. The van der Waals surface area contributed by atoms with Crippen LogP contribution in [-0.4, -0.2) is 26.1 Å². The Morgan fingerprint density at radius 1 is 1.00 bits per heavy atom. The molecule has 0 radical (unpaired) electrons. The molecule has 3 nitrogen and oxygen atoms in total. The van der Waals surface area contributed by atoms with Crippen LogP contribution in [0.2, 0.25) is 0 Å². The summed E-state index contributed by atoms with van der Waals surface area (Å²) in [6.07, 6.45) is 8.84. The average Bonchev–Trinajstić information content (AvgIpc) is 2.74. The van der Waals surface area contributed by atoms with Crippen LogP contribution in [-0.2, 0) is 10.0 Å². The minimum atomic E-state index is -3.08. The summed E-state index contributed by atoms with van der Waals surface area (Å²) < 4.78 is 26.8. The molecule has 0 aromatic heterocycles. The van der Waals surface area contributed by atoms with Gasteiger partial charge in [0.15, 0.2) is 0 Å². The molecule has 2 saturated carbocycles. The number of sulfonamides is 1. The predicted molar refractivity (Wildman–Crippen MR) is 75.3 cm³/mol. The van der Waals surface area contributed by atoms with E-state index in [2.05, 4.69) is 4.72 Å². The molecule has 0 aliphatic heterocycles. The van der Waals surface area contributed by atoms with E-state index in [-0.39, 0.29) is 5.38 Å². The largest absolute Gasteiger partial charge is 0.215 e. The molecule has 2 aliphatic carbocycles. The molecule has 5 heteroatoms. The minimum Gasteiger partial charge on any atom is -0.215 e. The van der Waals surface area contributed by atoms with Gasteiger partial charge < -0.3 is 0 Å². The highest BCUT2D eigenvalue weighted by molar-refractivity contribution is 7.89. The second-order valence-corrected chi connectivity index (χ2v) is 8.38. The third-order valence-electron chi connectivity index (χ3n) is 4.25. The van der Waals surface area contributed by atoms with E-state index in [0.29, 0.717) is 24.1 Å². The van der Waals surface area contributed by atoms with Crippen LogP contribution in [0.3, 0.4) is 0 Å². The Hall–Kier alpha value is 0.200. The van der Waals surface area contributed by atoms with Crippen molar-refractivity contribution >= 4 is 21.6 Å². The second kappa shape index (κ2) is 6.58. The van der Waals surface area contributed by atoms with Gasteiger partial charge in [-0.15, -0.1) is 11.6 Å². The molecule has 106 valence electrons.